The quantitative estimate of drug-likeness (QED) is 0.241. The number of guanidine groups is 1. The number of nitrogens with zero attached hydrogens (tertiary/aromatic N) is 2. The van der Waals surface area contributed by atoms with Gasteiger partial charge >= 0.3 is 0 Å². The molecule has 10 heteroatoms. The molecular weight excluding hydrogens is 440 g/mol. The Morgan fingerprint density at radius 2 is 2.03 bits per heavy atom. The van der Waals surface area contributed by atoms with E-state index in [4.69, 9.17) is 11.5 Å². The van der Waals surface area contributed by atoms with Crippen LogP contribution in [0.2, 0.25) is 0 Å². The van der Waals surface area contributed by atoms with Gasteiger partial charge in [0.25, 0.3) is 0 Å². The lowest BCUT2D eigenvalue weighted by atomic mass is 9.94. The van der Waals surface area contributed by atoms with Crippen molar-refractivity contribution in [1.29, 1.82) is 0 Å². The van der Waals surface area contributed by atoms with Gasteiger partial charge in [0.05, 0.1) is 5.69 Å². The summed E-state index contributed by atoms with van der Waals surface area (Å²) in [4.78, 5) is 19.3. The van der Waals surface area contributed by atoms with Crippen LogP contribution in [0.25, 0.3) is 0 Å². The number of hydrogen-bond donors (Lipinski definition) is 4. The summed E-state index contributed by atoms with van der Waals surface area (Å²) in [6, 6.07) is 4.45. The number of para-hydroxylation sites is 1. The van der Waals surface area contributed by atoms with Crippen LogP contribution in [-0.2, 0) is 21.2 Å². The molecule has 2 atom stereocenters. The third kappa shape index (κ3) is 6.60. The van der Waals surface area contributed by atoms with Gasteiger partial charge in [-0.25, -0.2) is 8.42 Å². The van der Waals surface area contributed by atoms with Crippen LogP contribution < -0.4 is 21.5 Å². The zero-order valence-electron chi connectivity index (χ0n) is 19.7. The van der Waals surface area contributed by atoms with E-state index < -0.39 is 16.1 Å². The molecule has 0 spiro atoms. The van der Waals surface area contributed by atoms with Gasteiger partial charge in [0.15, 0.2) is 5.96 Å². The molecule has 1 fully saturated rings. The lowest BCUT2D eigenvalue weighted by Gasteiger charge is -2.34. The first kappa shape index (κ1) is 25.3. The third-order valence-electron chi connectivity index (χ3n) is 6.64. The minimum Gasteiger partial charge on any atom is -0.383 e. The average molecular weight is 479 g/mol. The number of hydrogen-bond acceptors (Lipinski definition) is 5. The highest BCUT2D eigenvalue weighted by Gasteiger charge is 2.33. The molecule has 2 aliphatic rings. The van der Waals surface area contributed by atoms with E-state index in [1.807, 2.05) is 6.07 Å². The molecule has 0 aromatic heterocycles. The molecule has 1 saturated heterocycles. The summed E-state index contributed by atoms with van der Waals surface area (Å²) in [7, 11) is -3.92. The van der Waals surface area contributed by atoms with Crippen LogP contribution in [0.1, 0.15) is 51.5 Å². The van der Waals surface area contributed by atoms with E-state index in [1.165, 1.54) is 0 Å². The van der Waals surface area contributed by atoms with E-state index in [0.717, 1.165) is 31.2 Å². The maximum absolute atomic E-state index is 13.4. The average Bonchev–Trinajstić information content (AvgIpc) is 2.79. The number of aliphatic imine (C=N–C) groups is 1. The number of carbonyl (C=O) groups is 1. The Bertz CT molecular complexity index is 953. The first-order valence-electron chi connectivity index (χ1n) is 11.9. The van der Waals surface area contributed by atoms with Crippen molar-refractivity contribution in [2.45, 2.75) is 63.3 Å². The zero-order valence-corrected chi connectivity index (χ0v) is 20.5. The second-order valence-corrected chi connectivity index (χ2v) is 11.0. The largest absolute Gasteiger partial charge is 0.383 e. The van der Waals surface area contributed by atoms with E-state index in [1.54, 1.807) is 17.0 Å². The number of piperidine rings is 1. The molecule has 33 heavy (non-hydrogen) atoms. The number of fused-ring (bicyclic) bond motifs is 1. The van der Waals surface area contributed by atoms with Gasteiger partial charge in [0.1, 0.15) is 10.9 Å². The predicted octanol–water partition coefficient (Wildman–Crippen LogP) is 1.64. The number of sulfonamides is 1. The summed E-state index contributed by atoms with van der Waals surface area (Å²) in [5.74, 6) is 0.857. The fourth-order valence-corrected chi connectivity index (χ4v) is 6.11. The minimum atomic E-state index is -3.92. The van der Waals surface area contributed by atoms with Crippen molar-refractivity contribution in [3.63, 3.8) is 0 Å². The van der Waals surface area contributed by atoms with E-state index in [2.05, 4.69) is 28.9 Å². The van der Waals surface area contributed by atoms with Crippen LogP contribution in [0.15, 0.2) is 28.1 Å². The van der Waals surface area contributed by atoms with Crippen LogP contribution in [0, 0.1) is 11.8 Å². The van der Waals surface area contributed by atoms with Crippen molar-refractivity contribution in [2.75, 3.05) is 31.5 Å². The van der Waals surface area contributed by atoms with Gasteiger partial charge in [-0.2, -0.15) is 4.72 Å². The molecule has 184 valence electrons. The van der Waals surface area contributed by atoms with E-state index in [0.29, 0.717) is 56.5 Å². The maximum atomic E-state index is 13.4. The van der Waals surface area contributed by atoms with Gasteiger partial charge in [0, 0.05) is 26.2 Å². The Labute approximate surface area is 197 Å². The highest BCUT2D eigenvalue weighted by atomic mass is 32.2. The maximum Gasteiger partial charge on any atom is 0.243 e. The summed E-state index contributed by atoms with van der Waals surface area (Å²) < 4.78 is 29.6. The molecule has 0 aliphatic carbocycles. The van der Waals surface area contributed by atoms with Crippen molar-refractivity contribution in [3.8, 4) is 0 Å². The van der Waals surface area contributed by atoms with Crippen molar-refractivity contribution in [3.05, 3.63) is 23.8 Å². The van der Waals surface area contributed by atoms with Crippen LogP contribution in [-0.4, -0.2) is 57.4 Å². The van der Waals surface area contributed by atoms with Crippen molar-refractivity contribution < 1.29 is 13.2 Å². The van der Waals surface area contributed by atoms with Gasteiger partial charge < -0.3 is 21.7 Å². The molecule has 1 amide bonds. The number of nitrogens with two attached hydrogens (primary N) is 2. The Morgan fingerprint density at radius 1 is 1.30 bits per heavy atom. The summed E-state index contributed by atoms with van der Waals surface area (Å²) in [6.45, 7) is 6.66. The molecule has 3 rings (SSSR count). The van der Waals surface area contributed by atoms with Gasteiger partial charge in [-0.3, -0.25) is 9.79 Å². The predicted molar refractivity (Wildman–Crippen MR) is 131 cm³/mol. The topological polar surface area (TPSA) is 143 Å². The molecule has 0 radical (unpaired) electrons. The normalized spacial score (nSPS) is 19.9. The smallest absolute Gasteiger partial charge is 0.243 e. The second-order valence-electron chi connectivity index (χ2n) is 9.28. The third-order valence-corrected chi connectivity index (χ3v) is 8.16. The Morgan fingerprint density at radius 3 is 2.70 bits per heavy atom. The van der Waals surface area contributed by atoms with Gasteiger partial charge in [0.2, 0.25) is 15.9 Å². The molecule has 2 heterocycles. The van der Waals surface area contributed by atoms with Crippen LogP contribution in [0.3, 0.4) is 0 Å². The molecule has 1 aromatic rings. The zero-order chi connectivity index (χ0) is 24.0. The van der Waals surface area contributed by atoms with Crippen molar-refractivity contribution >= 4 is 27.6 Å². The van der Waals surface area contributed by atoms with Crippen LogP contribution >= 0.6 is 0 Å². The van der Waals surface area contributed by atoms with Gasteiger partial charge in [-0.05, 0) is 55.6 Å². The fraction of sp³-hybridized carbons (Fsp3) is 0.652. The molecule has 6 N–H and O–H groups in total. The SMILES string of the molecule is CCC1CCN(C(=O)[C@H](CCCN=C(N)N)NS(=O)(=O)c2cccc3c2NCC(C)C3)CC1. The summed E-state index contributed by atoms with van der Waals surface area (Å²) in [5.41, 5.74) is 12.4. The number of benzene rings is 1. The monoisotopic (exact) mass is 478 g/mol. The summed E-state index contributed by atoms with van der Waals surface area (Å²) in [6.07, 6.45) is 4.63. The number of anilines is 1. The van der Waals surface area contributed by atoms with Crippen LogP contribution in [0.5, 0.6) is 0 Å². The van der Waals surface area contributed by atoms with Gasteiger partial charge in [-0.15, -0.1) is 0 Å². The second kappa shape index (κ2) is 11.2. The number of amides is 1. The highest BCUT2D eigenvalue weighted by Crippen LogP contribution is 2.31. The van der Waals surface area contributed by atoms with Gasteiger partial charge in [-0.1, -0.05) is 32.4 Å². The Kier molecular flexibility index (Phi) is 8.58. The number of rotatable bonds is 9. The lowest BCUT2D eigenvalue weighted by Crippen LogP contribution is -2.50. The lowest BCUT2D eigenvalue weighted by molar-refractivity contribution is -0.134. The molecule has 1 unspecified atom stereocenters. The molecule has 2 aliphatic heterocycles. The summed E-state index contributed by atoms with van der Waals surface area (Å²) >= 11 is 0. The number of carbonyl (C=O) groups excluding carboxylic acids is 1. The minimum absolute atomic E-state index is 0.0173. The van der Waals surface area contributed by atoms with E-state index in [-0.39, 0.29) is 16.8 Å². The fourth-order valence-electron chi connectivity index (χ4n) is 4.66. The molecule has 1 aromatic carbocycles. The first-order valence-corrected chi connectivity index (χ1v) is 13.4. The Hall–Kier alpha value is -2.33. The summed E-state index contributed by atoms with van der Waals surface area (Å²) in [5, 5.41) is 3.27. The molecular formula is C23H38N6O3S. The molecule has 0 saturated carbocycles. The van der Waals surface area contributed by atoms with Crippen LogP contribution in [0.4, 0.5) is 5.69 Å². The highest BCUT2D eigenvalue weighted by molar-refractivity contribution is 7.89. The standard InChI is InChI=1S/C23H38N6O3S/c1-3-17-9-12-29(13-10-17)22(30)19(7-5-11-26-23(24)25)28-33(31,32)20-8-4-6-18-14-16(2)15-27-21(18)20/h4,6,8,16-17,19,27-28H,3,5,7,9-15H2,1-2H3,(H4,24,25,26)/t16?,19-/m0/s1. The Balaban J connectivity index is 1.79. The van der Waals surface area contributed by atoms with E-state index >= 15 is 0 Å². The molecule has 9 nitrogen and oxygen atoms in total. The number of likely N-dealkylation sites (tertiary alicyclic amines) is 1. The molecule has 0 bridgehead atoms. The number of nitrogens with one attached hydrogen (secondary N) is 2. The van der Waals surface area contributed by atoms with Crippen molar-refractivity contribution in [2.24, 2.45) is 28.3 Å². The van der Waals surface area contributed by atoms with Crippen molar-refractivity contribution in [1.82, 2.24) is 9.62 Å². The van der Waals surface area contributed by atoms with E-state index in [9.17, 15) is 13.2 Å². The first-order chi connectivity index (χ1) is 15.7.